The molecule has 5 rings (SSSR count). The predicted octanol–water partition coefficient (Wildman–Crippen LogP) is 4.06. The highest BCUT2D eigenvalue weighted by atomic mass is 35.5. The van der Waals surface area contributed by atoms with Gasteiger partial charge in [0.1, 0.15) is 5.52 Å². The van der Waals surface area contributed by atoms with E-state index in [9.17, 15) is 4.79 Å². The molecule has 2 amide bonds. The Bertz CT molecular complexity index is 974. The molecule has 0 atom stereocenters. The van der Waals surface area contributed by atoms with Gasteiger partial charge in [-0.1, -0.05) is 30.9 Å². The number of fused-ring (bicyclic) bond motifs is 4. The molecule has 31 heavy (non-hydrogen) atoms. The number of halogens is 1. The van der Waals surface area contributed by atoms with E-state index < -0.39 is 5.54 Å². The van der Waals surface area contributed by atoms with Gasteiger partial charge in [0.2, 0.25) is 5.89 Å². The maximum atomic E-state index is 12.4. The van der Waals surface area contributed by atoms with Gasteiger partial charge in [0.25, 0.3) is 0 Å². The summed E-state index contributed by atoms with van der Waals surface area (Å²) in [5.74, 6) is 0.601. The zero-order valence-corrected chi connectivity index (χ0v) is 18.6. The van der Waals surface area contributed by atoms with Crippen LogP contribution in [0.25, 0.3) is 11.1 Å². The van der Waals surface area contributed by atoms with Gasteiger partial charge in [-0.3, -0.25) is 0 Å². The lowest BCUT2D eigenvalue weighted by Gasteiger charge is -2.42. The van der Waals surface area contributed by atoms with Gasteiger partial charge in [0, 0.05) is 31.4 Å². The van der Waals surface area contributed by atoms with Gasteiger partial charge in [-0.15, -0.1) is 0 Å². The molecule has 2 aliphatic heterocycles. The molecular weight excluding hydrogens is 420 g/mol. The molecule has 1 spiro atoms. The van der Waals surface area contributed by atoms with Gasteiger partial charge < -0.3 is 29.8 Å². The molecule has 3 heterocycles. The Balaban J connectivity index is 1.50. The van der Waals surface area contributed by atoms with E-state index in [1.54, 1.807) is 13.2 Å². The number of oxazole rings is 1. The van der Waals surface area contributed by atoms with Crippen LogP contribution in [0.15, 0.2) is 10.5 Å². The largest absolute Gasteiger partial charge is 0.439 e. The smallest absolute Gasteiger partial charge is 0.319 e. The first kappa shape index (κ1) is 21.0. The van der Waals surface area contributed by atoms with Gasteiger partial charge in [0.05, 0.1) is 29.4 Å². The van der Waals surface area contributed by atoms with E-state index in [0.717, 1.165) is 49.6 Å². The number of benzene rings is 1. The van der Waals surface area contributed by atoms with E-state index in [1.165, 1.54) is 6.42 Å². The number of hydrogen-bond donors (Lipinski definition) is 3. The van der Waals surface area contributed by atoms with Crippen molar-refractivity contribution < 1.29 is 18.7 Å². The van der Waals surface area contributed by atoms with Crippen LogP contribution in [0.1, 0.15) is 56.4 Å². The van der Waals surface area contributed by atoms with Crippen molar-refractivity contribution in [3.63, 3.8) is 0 Å². The zero-order valence-electron chi connectivity index (χ0n) is 17.8. The molecule has 1 aromatic carbocycles. The van der Waals surface area contributed by atoms with Crippen molar-refractivity contribution in [1.29, 1.82) is 0 Å². The van der Waals surface area contributed by atoms with Crippen molar-refractivity contribution in [1.82, 2.24) is 15.6 Å². The molecule has 3 aliphatic rings. The third-order valence-electron chi connectivity index (χ3n) is 6.94. The molecule has 8 nitrogen and oxygen atoms in total. The second kappa shape index (κ2) is 8.24. The number of rotatable bonds is 5. The first-order chi connectivity index (χ1) is 15.0. The van der Waals surface area contributed by atoms with Crippen LogP contribution in [-0.4, -0.2) is 43.5 Å². The van der Waals surface area contributed by atoms with Gasteiger partial charge in [-0.05, 0) is 31.7 Å². The van der Waals surface area contributed by atoms with Crippen LogP contribution in [0.3, 0.4) is 0 Å². The summed E-state index contributed by atoms with van der Waals surface area (Å²) < 4.78 is 17.3. The monoisotopic (exact) mass is 448 g/mol. The molecule has 0 bridgehead atoms. The summed E-state index contributed by atoms with van der Waals surface area (Å²) in [5.41, 5.74) is 2.41. The summed E-state index contributed by atoms with van der Waals surface area (Å²) in [5, 5.41) is 10.2. The molecule has 9 heteroatoms. The minimum absolute atomic E-state index is 0.148. The quantitative estimate of drug-likeness (QED) is 0.638. The number of ether oxygens (including phenoxy) is 2. The number of hydrogen-bond acceptors (Lipinski definition) is 6. The van der Waals surface area contributed by atoms with Crippen LogP contribution in [0, 0.1) is 0 Å². The minimum atomic E-state index is -0.457. The number of methoxy groups -OCH3 is 1. The molecule has 3 N–H and O–H groups in total. The number of nitrogens with zero attached hydrogens (tertiary/aromatic N) is 1. The maximum absolute atomic E-state index is 12.4. The summed E-state index contributed by atoms with van der Waals surface area (Å²) in [7, 11) is 1.72. The van der Waals surface area contributed by atoms with Crippen LogP contribution in [0.2, 0.25) is 5.02 Å². The third kappa shape index (κ3) is 3.80. The van der Waals surface area contributed by atoms with E-state index in [1.807, 2.05) is 0 Å². The number of amides is 2. The fourth-order valence-corrected chi connectivity index (χ4v) is 5.61. The average molecular weight is 449 g/mol. The molecule has 1 aromatic heterocycles. The Morgan fingerprint density at radius 3 is 2.74 bits per heavy atom. The van der Waals surface area contributed by atoms with Crippen molar-refractivity contribution in [3.8, 4) is 0 Å². The predicted molar refractivity (Wildman–Crippen MR) is 117 cm³/mol. The minimum Gasteiger partial charge on any atom is -0.439 e. The fourth-order valence-electron chi connectivity index (χ4n) is 5.36. The molecule has 0 radical (unpaired) electrons. The van der Waals surface area contributed by atoms with Crippen molar-refractivity contribution in [2.75, 3.05) is 32.2 Å². The van der Waals surface area contributed by atoms with Crippen LogP contribution in [-0.2, 0) is 21.6 Å². The highest BCUT2D eigenvalue weighted by molar-refractivity contribution is 6.35. The third-order valence-corrected chi connectivity index (χ3v) is 7.24. The lowest BCUT2D eigenvalue weighted by Crippen LogP contribution is -2.52. The van der Waals surface area contributed by atoms with Gasteiger partial charge in [-0.25, -0.2) is 9.78 Å². The molecule has 2 aromatic rings. The topological polar surface area (TPSA) is 97.7 Å². The highest BCUT2D eigenvalue weighted by Gasteiger charge is 2.44. The first-order valence-electron chi connectivity index (χ1n) is 11.1. The van der Waals surface area contributed by atoms with Crippen LogP contribution < -0.4 is 16.0 Å². The summed E-state index contributed by atoms with van der Waals surface area (Å²) >= 11 is 6.59. The average Bonchev–Trinajstić information content (AvgIpc) is 3.16. The van der Waals surface area contributed by atoms with Crippen molar-refractivity contribution in [2.24, 2.45) is 0 Å². The Morgan fingerprint density at radius 2 is 2.00 bits per heavy atom. The van der Waals surface area contributed by atoms with Crippen molar-refractivity contribution in [2.45, 2.75) is 62.6 Å². The first-order valence-corrected chi connectivity index (χ1v) is 11.5. The van der Waals surface area contributed by atoms with E-state index in [-0.39, 0.29) is 11.6 Å². The Hall–Kier alpha value is -1.87. The molecule has 0 unspecified atom stereocenters. The SMILES string of the molecule is COCC1(NCc2nc3cc(Cl)c4c(c3o2)C2(CCCCC2)NC(=O)N4)CCOCC1. The molecule has 2 fully saturated rings. The number of anilines is 1. The van der Waals surface area contributed by atoms with Gasteiger partial charge in [0.15, 0.2) is 5.58 Å². The number of nitrogens with one attached hydrogen (secondary N) is 3. The summed E-state index contributed by atoms with van der Waals surface area (Å²) in [6.07, 6.45) is 6.77. The Kier molecular flexibility index (Phi) is 5.58. The highest BCUT2D eigenvalue weighted by Crippen LogP contribution is 2.48. The van der Waals surface area contributed by atoms with Crippen LogP contribution in [0.5, 0.6) is 0 Å². The van der Waals surface area contributed by atoms with Crippen LogP contribution in [0.4, 0.5) is 10.5 Å². The number of urea groups is 1. The summed E-state index contributed by atoms with van der Waals surface area (Å²) in [6.45, 7) is 2.51. The molecule has 168 valence electrons. The standard InChI is InChI=1S/C22H29ClN4O4/c1-29-13-21(7-9-30-10-8-21)24-12-16-25-15-11-14(23)18-17(19(15)31-16)22(27-20(28)26-18)5-3-2-4-6-22/h11,24H,2-10,12-13H2,1H3,(H2,26,27,28). The number of carbonyl (C=O) groups is 1. The van der Waals surface area contributed by atoms with E-state index in [4.69, 9.17) is 30.5 Å². The zero-order chi connectivity index (χ0) is 21.5. The lowest BCUT2D eigenvalue weighted by atomic mass is 9.74. The lowest BCUT2D eigenvalue weighted by molar-refractivity contribution is -0.00106. The summed E-state index contributed by atoms with van der Waals surface area (Å²) in [6, 6.07) is 1.57. The molecular formula is C22H29ClN4O4. The molecule has 1 aliphatic carbocycles. The van der Waals surface area contributed by atoms with Crippen LogP contribution >= 0.6 is 11.6 Å². The normalized spacial score (nSPS) is 22.2. The van der Waals surface area contributed by atoms with E-state index in [2.05, 4.69) is 16.0 Å². The Morgan fingerprint density at radius 1 is 1.23 bits per heavy atom. The fraction of sp³-hybridized carbons (Fsp3) is 0.636. The van der Waals surface area contributed by atoms with Gasteiger partial charge >= 0.3 is 6.03 Å². The number of aromatic nitrogens is 1. The van der Waals surface area contributed by atoms with Gasteiger partial charge in [-0.2, -0.15) is 0 Å². The molecule has 1 saturated carbocycles. The number of carbonyl (C=O) groups excluding carboxylic acids is 1. The van der Waals surface area contributed by atoms with E-state index >= 15 is 0 Å². The second-order valence-corrected chi connectivity index (χ2v) is 9.37. The second-order valence-electron chi connectivity index (χ2n) is 8.97. The Labute approximate surface area is 186 Å². The van der Waals surface area contributed by atoms with Crippen molar-refractivity contribution in [3.05, 3.63) is 22.5 Å². The van der Waals surface area contributed by atoms with Crippen molar-refractivity contribution >= 4 is 34.4 Å². The van der Waals surface area contributed by atoms with E-state index in [0.29, 0.717) is 48.5 Å². The maximum Gasteiger partial charge on any atom is 0.319 e. The summed E-state index contributed by atoms with van der Waals surface area (Å²) in [4.78, 5) is 17.1. The molecule has 1 saturated heterocycles.